The molecule has 2 unspecified atom stereocenters. The van der Waals surface area contributed by atoms with Crippen LogP contribution in [0.5, 0.6) is 0 Å². The summed E-state index contributed by atoms with van der Waals surface area (Å²) in [6.07, 6.45) is 2.27. The van der Waals surface area contributed by atoms with Crippen LogP contribution in [0.3, 0.4) is 0 Å². The first-order chi connectivity index (χ1) is 8.67. The van der Waals surface area contributed by atoms with E-state index in [0.717, 1.165) is 26.1 Å². The number of nitrogens with zero attached hydrogens (tertiary/aromatic N) is 1. The summed E-state index contributed by atoms with van der Waals surface area (Å²) in [6.45, 7) is 5.46. The van der Waals surface area contributed by atoms with E-state index < -0.39 is 0 Å². The monoisotopic (exact) mass is 250 g/mol. The Bertz CT molecular complexity index is 363. The number of halogens is 1. The van der Waals surface area contributed by atoms with Crippen molar-refractivity contribution in [2.45, 2.75) is 25.8 Å². The van der Waals surface area contributed by atoms with Gasteiger partial charge in [-0.05, 0) is 50.0 Å². The zero-order valence-electron chi connectivity index (χ0n) is 11.3. The topological polar surface area (TPSA) is 15.3 Å². The Morgan fingerprint density at radius 1 is 1.28 bits per heavy atom. The average molecular weight is 250 g/mol. The number of piperidine rings is 1. The first-order valence-corrected chi connectivity index (χ1v) is 6.83. The van der Waals surface area contributed by atoms with Gasteiger partial charge in [0.2, 0.25) is 0 Å². The van der Waals surface area contributed by atoms with Crippen LogP contribution in [0.4, 0.5) is 4.39 Å². The molecule has 0 spiro atoms. The Balaban J connectivity index is 1.93. The highest BCUT2D eigenvalue weighted by Gasteiger charge is 2.24. The second-order valence-electron chi connectivity index (χ2n) is 5.41. The van der Waals surface area contributed by atoms with Gasteiger partial charge in [0.1, 0.15) is 5.82 Å². The van der Waals surface area contributed by atoms with Gasteiger partial charge < -0.3 is 10.2 Å². The quantitative estimate of drug-likeness (QED) is 0.882. The molecule has 0 saturated carbocycles. The van der Waals surface area contributed by atoms with Crippen molar-refractivity contribution in [2.24, 2.45) is 5.92 Å². The van der Waals surface area contributed by atoms with E-state index in [9.17, 15) is 4.39 Å². The molecule has 2 nitrogen and oxygen atoms in total. The summed E-state index contributed by atoms with van der Waals surface area (Å²) in [5, 5.41) is 3.54. The van der Waals surface area contributed by atoms with Gasteiger partial charge in [-0.2, -0.15) is 0 Å². The molecular formula is C15H23FN2. The number of benzene rings is 1. The van der Waals surface area contributed by atoms with Crippen LogP contribution in [-0.4, -0.2) is 37.6 Å². The molecule has 0 amide bonds. The Labute approximate surface area is 109 Å². The van der Waals surface area contributed by atoms with Crippen molar-refractivity contribution in [2.75, 3.05) is 26.7 Å². The maximum Gasteiger partial charge on any atom is 0.123 e. The van der Waals surface area contributed by atoms with E-state index in [-0.39, 0.29) is 5.82 Å². The minimum Gasteiger partial charge on any atom is -0.313 e. The number of likely N-dealkylation sites (N-methyl/N-ethyl adjacent to an activating group) is 2. The lowest BCUT2D eigenvalue weighted by atomic mass is 9.89. The van der Waals surface area contributed by atoms with Crippen molar-refractivity contribution in [1.82, 2.24) is 10.2 Å². The van der Waals surface area contributed by atoms with Crippen LogP contribution in [0, 0.1) is 11.7 Å². The largest absolute Gasteiger partial charge is 0.313 e. The van der Waals surface area contributed by atoms with Crippen molar-refractivity contribution >= 4 is 0 Å². The average Bonchev–Trinajstić information content (AvgIpc) is 2.32. The molecule has 2 rings (SSSR count). The number of likely N-dealkylation sites (tertiary alicyclic amines) is 1. The molecule has 0 aromatic heterocycles. The van der Waals surface area contributed by atoms with Crippen molar-refractivity contribution < 1.29 is 4.39 Å². The molecule has 1 aliphatic rings. The van der Waals surface area contributed by atoms with Crippen LogP contribution in [-0.2, 0) is 6.42 Å². The van der Waals surface area contributed by atoms with Crippen LogP contribution >= 0.6 is 0 Å². The van der Waals surface area contributed by atoms with E-state index in [1.54, 1.807) is 12.1 Å². The summed E-state index contributed by atoms with van der Waals surface area (Å²) in [7, 11) is 2.18. The van der Waals surface area contributed by atoms with Gasteiger partial charge >= 0.3 is 0 Å². The SMILES string of the molecule is CCNC1CC(Cc2ccc(F)cc2)CN(C)C1. The molecule has 1 aromatic carbocycles. The molecule has 1 aliphatic heterocycles. The minimum atomic E-state index is -0.148. The summed E-state index contributed by atoms with van der Waals surface area (Å²) in [5.41, 5.74) is 1.24. The molecular weight excluding hydrogens is 227 g/mol. The van der Waals surface area contributed by atoms with Crippen molar-refractivity contribution in [1.29, 1.82) is 0 Å². The first-order valence-electron chi connectivity index (χ1n) is 6.83. The van der Waals surface area contributed by atoms with Gasteiger partial charge in [0.05, 0.1) is 0 Å². The Morgan fingerprint density at radius 3 is 2.67 bits per heavy atom. The maximum absolute atomic E-state index is 12.9. The van der Waals surface area contributed by atoms with Crippen LogP contribution in [0.2, 0.25) is 0 Å². The zero-order chi connectivity index (χ0) is 13.0. The molecule has 0 bridgehead atoms. The Kier molecular flexibility index (Phi) is 4.72. The van der Waals surface area contributed by atoms with Gasteiger partial charge in [0.15, 0.2) is 0 Å². The number of nitrogens with one attached hydrogen (secondary N) is 1. The molecule has 0 radical (unpaired) electrons. The minimum absolute atomic E-state index is 0.148. The second kappa shape index (κ2) is 6.30. The highest BCUT2D eigenvalue weighted by molar-refractivity contribution is 5.16. The summed E-state index contributed by atoms with van der Waals surface area (Å²) in [6, 6.07) is 7.53. The van der Waals surface area contributed by atoms with Gasteiger partial charge in [-0.25, -0.2) is 4.39 Å². The number of hydrogen-bond acceptors (Lipinski definition) is 2. The highest BCUT2D eigenvalue weighted by atomic mass is 19.1. The Morgan fingerprint density at radius 2 is 2.00 bits per heavy atom. The zero-order valence-corrected chi connectivity index (χ0v) is 11.3. The molecule has 1 N–H and O–H groups in total. The standard InChI is InChI=1S/C15H23FN2/c1-3-17-15-9-13(10-18(2)11-15)8-12-4-6-14(16)7-5-12/h4-7,13,15,17H,3,8-11H2,1-2H3. The van der Waals surface area contributed by atoms with Crippen LogP contribution < -0.4 is 5.32 Å². The molecule has 1 heterocycles. The van der Waals surface area contributed by atoms with E-state index in [1.807, 2.05) is 12.1 Å². The molecule has 3 heteroatoms. The second-order valence-corrected chi connectivity index (χ2v) is 5.41. The van der Waals surface area contributed by atoms with Gasteiger partial charge in [0, 0.05) is 19.1 Å². The molecule has 1 fully saturated rings. The molecule has 18 heavy (non-hydrogen) atoms. The molecule has 2 atom stereocenters. The lowest BCUT2D eigenvalue weighted by Gasteiger charge is -2.36. The lowest BCUT2D eigenvalue weighted by molar-refractivity contribution is 0.170. The van der Waals surface area contributed by atoms with E-state index >= 15 is 0 Å². The van der Waals surface area contributed by atoms with Crippen LogP contribution in [0.1, 0.15) is 18.9 Å². The molecule has 100 valence electrons. The predicted octanol–water partition coefficient (Wildman–Crippen LogP) is 2.30. The van der Waals surface area contributed by atoms with E-state index in [1.165, 1.54) is 12.0 Å². The van der Waals surface area contributed by atoms with Gasteiger partial charge in [-0.15, -0.1) is 0 Å². The van der Waals surface area contributed by atoms with E-state index in [0.29, 0.717) is 12.0 Å². The number of rotatable bonds is 4. The predicted molar refractivity (Wildman–Crippen MR) is 73.2 cm³/mol. The van der Waals surface area contributed by atoms with Crippen molar-refractivity contribution in [3.05, 3.63) is 35.6 Å². The molecule has 1 saturated heterocycles. The summed E-state index contributed by atoms with van der Waals surface area (Å²) < 4.78 is 12.9. The normalized spacial score (nSPS) is 25.3. The Hall–Kier alpha value is -0.930. The van der Waals surface area contributed by atoms with Gasteiger partial charge in [0.25, 0.3) is 0 Å². The summed E-state index contributed by atoms with van der Waals surface area (Å²) in [4.78, 5) is 2.39. The first kappa shape index (κ1) is 13.5. The van der Waals surface area contributed by atoms with Crippen molar-refractivity contribution in [3.63, 3.8) is 0 Å². The smallest absolute Gasteiger partial charge is 0.123 e. The number of hydrogen-bond donors (Lipinski definition) is 1. The third-order valence-electron chi connectivity index (χ3n) is 3.65. The van der Waals surface area contributed by atoms with Crippen molar-refractivity contribution in [3.8, 4) is 0 Å². The fraction of sp³-hybridized carbons (Fsp3) is 0.600. The van der Waals surface area contributed by atoms with Crippen LogP contribution in [0.25, 0.3) is 0 Å². The third-order valence-corrected chi connectivity index (χ3v) is 3.65. The lowest BCUT2D eigenvalue weighted by Crippen LogP contribution is -2.48. The summed E-state index contributed by atoms with van der Waals surface area (Å²) >= 11 is 0. The molecule has 1 aromatic rings. The van der Waals surface area contributed by atoms with E-state index in [2.05, 4.69) is 24.2 Å². The fourth-order valence-electron chi connectivity index (χ4n) is 2.98. The van der Waals surface area contributed by atoms with Gasteiger partial charge in [-0.1, -0.05) is 19.1 Å². The summed E-state index contributed by atoms with van der Waals surface area (Å²) in [5.74, 6) is 0.517. The van der Waals surface area contributed by atoms with Gasteiger partial charge in [-0.3, -0.25) is 0 Å². The maximum atomic E-state index is 12.9. The van der Waals surface area contributed by atoms with E-state index in [4.69, 9.17) is 0 Å². The van der Waals surface area contributed by atoms with Crippen LogP contribution in [0.15, 0.2) is 24.3 Å². The highest BCUT2D eigenvalue weighted by Crippen LogP contribution is 2.20. The third kappa shape index (κ3) is 3.79. The molecule has 0 aliphatic carbocycles. The fourth-order valence-corrected chi connectivity index (χ4v) is 2.98.